The van der Waals surface area contributed by atoms with E-state index in [-0.39, 0.29) is 5.92 Å². The zero-order chi connectivity index (χ0) is 20.4. The van der Waals surface area contributed by atoms with Crippen molar-refractivity contribution in [2.45, 2.75) is 58.3 Å². The quantitative estimate of drug-likeness (QED) is 0.770. The summed E-state index contributed by atoms with van der Waals surface area (Å²) in [4.78, 5) is 14.9. The molecule has 1 saturated heterocycles. The summed E-state index contributed by atoms with van der Waals surface area (Å²) >= 11 is 0. The van der Waals surface area contributed by atoms with E-state index in [9.17, 15) is 13.2 Å². The zero-order valence-electron chi connectivity index (χ0n) is 17.2. The van der Waals surface area contributed by atoms with Crippen LogP contribution < -0.4 is 10.0 Å². The van der Waals surface area contributed by atoms with Gasteiger partial charge in [-0.25, -0.2) is 17.9 Å². The summed E-state index contributed by atoms with van der Waals surface area (Å²) in [5.41, 5.74) is 5.85. The van der Waals surface area contributed by atoms with Crippen molar-refractivity contribution in [2.24, 2.45) is 5.92 Å². The molecule has 4 rings (SSSR count). The Labute approximate surface area is 173 Å². The summed E-state index contributed by atoms with van der Waals surface area (Å²) in [6.45, 7) is 5.15. The monoisotopic (exact) mass is 417 g/mol. The number of amides is 2. The summed E-state index contributed by atoms with van der Waals surface area (Å²) < 4.78 is 27.0. The molecule has 0 bridgehead atoms. The smallest absolute Gasteiger partial charge is 0.307 e. The molecule has 1 aromatic rings. The first kappa shape index (κ1) is 20.4. The van der Waals surface area contributed by atoms with Gasteiger partial charge in [0.2, 0.25) is 0 Å². The van der Waals surface area contributed by atoms with E-state index in [2.05, 4.69) is 27.9 Å². The average molecular weight is 418 g/mol. The van der Waals surface area contributed by atoms with Crippen LogP contribution in [0, 0.1) is 5.92 Å². The summed E-state index contributed by atoms with van der Waals surface area (Å²) in [5.74, 6) is 0.248. The SMILES string of the molecule is CCN1CCC(/C=C/S(=O)(=O)NC(=O)Nc2c3c(cc4c2CCC4)CCC3)CC1. The Hall–Kier alpha value is -1.86. The van der Waals surface area contributed by atoms with E-state index < -0.39 is 16.1 Å². The number of hydrogen-bond donors (Lipinski definition) is 2. The first-order valence-electron chi connectivity index (χ1n) is 10.9. The number of rotatable bonds is 5. The van der Waals surface area contributed by atoms with E-state index in [1.165, 1.54) is 27.7 Å². The molecule has 3 aliphatic rings. The highest BCUT2D eigenvalue weighted by Gasteiger charge is 2.25. The van der Waals surface area contributed by atoms with Crippen molar-refractivity contribution in [2.75, 3.05) is 25.0 Å². The van der Waals surface area contributed by atoms with Gasteiger partial charge in [-0.1, -0.05) is 19.1 Å². The number of carbonyl (C=O) groups is 1. The number of nitrogens with one attached hydrogen (secondary N) is 2. The lowest BCUT2D eigenvalue weighted by molar-refractivity contribution is 0.213. The minimum absolute atomic E-state index is 0.248. The molecule has 1 heterocycles. The van der Waals surface area contributed by atoms with E-state index in [1.54, 1.807) is 6.08 Å². The molecule has 0 radical (unpaired) electrons. The normalized spacial score (nSPS) is 20.0. The van der Waals surface area contributed by atoms with Crippen LogP contribution in [0.5, 0.6) is 0 Å². The van der Waals surface area contributed by atoms with Crippen LogP contribution in [0.2, 0.25) is 0 Å². The minimum atomic E-state index is -3.80. The van der Waals surface area contributed by atoms with Gasteiger partial charge < -0.3 is 10.2 Å². The molecule has 1 fully saturated rings. The lowest BCUT2D eigenvalue weighted by Crippen LogP contribution is -2.34. The Morgan fingerprint density at radius 3 is 2.31 bits per heavy atom. The molecule has 1 aromatic carbocycles. The van der Waals surface area contributed by atoms with Gasteiger partial charge in [-0.05, 0) is 99.2 Å². The van der Waals surface area contributed by atoms with Crippen LogP contribution in [0.3, 0.4) is 0 Å². The van der Waals surface area contributed by atoms with E-state index >= 15 is 0 Å². The van der Waals surface area contributed by atoms with Crippen LogP contribution in [-0.4, -0.2) is 39.0 Å². The van der Waals surface area contributed by atoms with Gasteiger partial charge in [0.05, 0.1) is 0 Å². The number of aryl methyl sites for hydroxylation is 2. The molecule has 6 nitrogen and oxygen atoms in total. The molecule has 2 aliphatic carbocycles. The van der Waals surface area contributed by atoms with E-state index in [0.29, 0.717) is 0 Å². The molecule has 0 unspecified atom stereocenters. The zero-order valence-corrected chi connectivity index (χ0v) is 18.0. The van der Waals surface area contributed by atoms with Gasteiger partial charge >= 0.3 is 6.03 Å². The number of anilines is 1. The standard InChI is InChI=1S/C22H31N3O3S/c1-2-25-12-9-16(10-13-25)11-14-29(27,28)24-22(26)23-21-19-7-3-5-17(19)15-18-6-4-8-20(18)21/h11,14-16H,2-10,12-13H2,1H3,(H2,23,24,26)/b14-11+. The lowest BCUT2D eigenvalue weighted by atomic mass is 9.97. The molecule has 0 spiro atoms. The van der Waals surface area contributed by atoms with E-state index in [0.717, 1.165) is 76.7 Å². The van der Waals surface area contributed by atoms with Crippen molar-refractivity contribution >= 4 is 21.7 Å². The lowest BCUT2D eigenvalue weighted by Gasteiger charge is -2.29. The van der Waals surface area contributed by atoms with Crippen molar-refractivity contribution in [3.8, 4) is 0 Å². The third-order valence-corrected chi connectivity index (χ3v) is 7.54. The number of fused-ring (bicyclic) bond motifs is 2. The largest absolute Gasteiger partial charge is 0.333 e. The van der Waals surface area contributed by atoms with Crippen LogP contribution in [0.15, 0.2) is 17.6 Å². The Bertz CT molecular complexity index is 883. The second-order valence-corrected chi connectivity index (χ2v) is 10.0. The van der Waals surface area contributed by atoms with Gasteiger partial charge in [-0.2, -0.15) is 0 Å². The number of sulfonamides is 1. The second-order valence-electron chi connectivity index (χ2n) is 8.44. The molecule has 7 heteroatoms. The summed E-state index contributed by atoms with van der Waals surface area (Å²) in [6.07, 6.45) is 9.79. The van der Waals surface area contributed by atoms with Gasteiger partial charge in [0.15, 0.2) is 0 Å². The molecule has 158 valence electrons. The fourth-order valence-electron chi connectivity index (χ4n) is 4.95. The predicted octanol–water partition coefficient (Wildman–Crippen LogP) is 3.36. The van der Waals surface area contributed by atoms with Crippen molar-refractivity contribution in [3.05, 3.63) is 39.8 Å². The number of hydrogen-bond acceptors (Lipinski definition) is 4. The summed E-state index contributed by atoms with van der Waals surface area (Å²) in [7, 11) is -3.80. The van der Waals surface area contributed by atoms with Crippen molar-refractivity contribution < 1.29 is 13.2 Å². The van der Waals surface area contributed by atoms with Gasteiger partial charge in [0.1, 0.15) is 0 Å². The number of piperidine rings is 1. The van der Waals surface area contributed by atoms with E-state index in [1.807, 2.05) is 0 Å². The number of nitrogens with zero attached hydrogens (tertiary/aromatic N) is 1. The Morgan fingerprint density at radius 2 is 1.72 bits per heavy atom. The predicted molar refractivity (Wildman–Crippen MR) is 116 cm³/mol. The third-order valence-electron chi connectivity index (χ3n) is 6.56. The molecule has 1 aliphatic heterocycles. The molecule has 0 saturated carbocycles. The molecule has 2 amide bonds. The van der Waals surface area contributed by atoms with Gasteiger partial charge in [0, 0.05) is 11.1 Å². The molecular weight excluding hydrogens is 386 g/mol. The highest BCUT2D eigenvalue weighted by atomic mass is 32.2. The van der Waals surface area contributed by atoms with Crippen LogP contribution in [-0.2, 0) is 35.7 Å². The molecule has 29 heavy (non-hydrogen) atoms. The summed E-state index contributed by atoms with van der Waals surface area (Å²) in [5, 5.41) is 4.05. The van der Waals surface area contributed by atoms with Crippen LogP contribution in [0.1, 0.15) is 54.9 Å². The first-order chi connectivity index (χ1) is 13.9. The van der Waals surface area contributed by atoms with Crippen LogP contribution >= 0.6 is 0 Å². The maximum Gasteiger partial charge on any atom is 0.333 e. The fraction of sp³-hybridized carbons (Fsp3) is 0.591. The number of likely N-dealkylation sites (tertiary alicyclic amines) is 1. The Kier molecular flexibility index (Phi) is 5.97. The molecule has 0 aromatic heterocycles. The number of carbonyl (C=O) groups excluding carboxylic acids is 1. The molecule has 2 N–H and O–H groups in total. The first-order valence-corrected chi connectivity index (χ1v) is 12.4. The minimum Gasteiger partial charge on any atom is -0.307 e. The third kappa shape index (κ3) is 4.67. The van der Waals surface area contributed by atoms with Crippen molar-refractivity contribution in [1.82, 2.24) is 9.62 Å². The highest BCUT2D eigenvalue weighted by molar-refractivity contribution is 7.92. The number of allylic oxidation sites excluding steroid dienone is 1. The van der Waals surface area contributed by atoms with Crippen LogP contribution in [0.25, 0.3) is 0 Å². The topological polar surface area (TPSA) is 78.5 Å². The van der Waals surface area contributed by atoms with Crippen molar-refractivity contribution in [3.63, 3.8) is 0 Å². The maximum absolute atomic E-state index is 12.5. The van der Waals surface area contributed by atoms with Crippen molar-refractivity contribution in [1.29, 1.82) is 0 Å². The van der Waals surface area contributed by atoms with Gasteiger partial charge in [0.25, 0.3) is 10.0 Å². The Morgan fingerprint density at radius 1 is 1.10 bits per heavy atom. The Balaban J connectivity index is 1.41. The molecule has 0 atom stereocenters. The van der Waals surface area contributed by atoms with E-state index in [4.69, 9.17) is 0 Å². The summed E-state index contributed by atoms with van der Waals surface area (Å²) in [6, 6.07) is 1.63. The average Bonchev–Trinajstić information content (AvgIpc) is 3.35. The van der Waals surface area contributed by atoms with Gasteiger partial charge in [-0.3, -0.25) is 0 Å². The number of benzene rings is 1. The highest BCUT2D eigenvalue weighted by Crippen LogP contribution is 2.38. The maximum atomic E-state index is 12.5. The molecular formula is C22H31N3O3S. The second kappa shape index (κ2) is 8.48. The number of urea groups is 1. The fourth-order valence-corrected chi connectivity index (χ4v) is 5.75. The van der Waals surface area contributed by atoms with Crippen LogP contribution in [0.4, 0.5) is 10.5 Å². The van der Waals surface area contributed by atoms with Gasteiger partial charge in [-0.15, -0.1) is 0 Å².